The zero-order valence-corrected chi connectivity index (χ0v) is 17.3. The van der Waals surface area contributed by atoms with Gasteiger partial charge in [0.15, 0.2) is 11.5 Å². The summed E-state index contributed by atoms with van der Waals surface area (Å²) in [6, 6.07) is 14.7. The molecule has 1 saturated heterocycles. The van der Waals surface area contributed by atoms with E-state index < -0.39 is 0 Å². The molecule has 3 N–H and O–H groups in total. The molecule has 6 rings (SSSR count). The maximum absolute atomic E-state index is 6.14. The second-order valence-electron chi connectivity index (χ2n) is 8.70. The Kier molecular flexibility index (Phi) is 3.88. The van der Waals surface area contributed by atoms with Crippen LogP contribution in [-0.4, -0.2) is 39.2 Å². The number of nitrogens with two attached hydrogens (primary N) is 1. The van der Waals surface area contributed by atoms with Crippen LogP contribution in [0.15, 0.2) is 66.0 Å². The van der Waals surface area contributed by atoms with Gasteiger partial charge in [0.25, 0.3) is 0 Å². The summed E-state index contributed by atoms with van der Waals surface area (Å²) in [4.78, 5) is 16.0. The van der Waals surface area contributed by atoms with Crippen LogP contribution < -0.4 is 16.0 Å². The summed E-state index contributed by atoms with van der Waals surface area (Å²) >= 11 is 0. The molecule has 2 aromatic carbocycles. The van der Waals surface area contributed by atoms with E-state index in [-0.39, 0.29) is 5.54 Å². The monoisotopic (exact) mass is 409 g/mol. The van der Waals surface area contributed by atoms with Crippen molar-refractivity contribution in [2.24, 2.45) is 10.7 Å². The molecule has 1 fully saturated rings. The van der Waals surface area contributed by atoms with Crippen LogP contribution in [-0.2, 0) is 6.54 Å². The molecule has 0 unspecified atom stereocenters. The average Bonchev–Trinajstić information content (AvgIpc) is 3.41. The van der Waals surface area contributed by atoms with Crippen molar-refractivity contribution in [2.45, 2.75) is 19.0 Å². The van der Waals surface area contributed by atoms with E-state index in [1.54, 1.807) is 6.20 Å². The van der Waals surface area contributed by atoms with Gasteiger partial charge in [-0.2, -0.15) is 0 Å². The fourth-order valence-corrected chi connectivity index (χ4v) is 4.33. The van der Waals surface area contributed by atoms with Gasteiger partial charge in [-0.15, -0.1) is 0 Å². The predicted octanol–water partition coefficient (Wildman–Crippen LogP) is 3.61. The fourth-order valence-electron chi connectivity index (χ4n) is 4.33. The molecule has 0 saturated carbocycles. The average molecular weight is 409 g/mol. The van der Waals surface area contributed by atoms with Gasteiger partial charge in [-0.3, -0.25) is 4.99 Å². The normalized spacial score (nSPS) is 16.4. The number of fused-ring (bicyclic) bond motifs is 2. The first-order valence-electron chi connectivity index (χ1n) is 10.4. The number of rotatable bonds is 4. The first-order chi connectivity index (χ1) is 15.0. The molecule has 2 aliphatic heterocycles. The molecule has 4 aromatic rings. The first-order valence-corrected chi connectivity index (χ1v) is 10.4. The highest BCUT2D eigenvalue weighted by atomic mass is 15.2. The minimum atomic E-state index is -0.0861. The van der Waals surface area contributed by atoms with Crippen molar-refractivity contribution in [3.8, 4) is 11.3 Å². The van der Waals surface area contributed by atoms with Crippen LogP contribution in [0.4, 0.5) is 17.2 Å². The Morgan fingerprint density at radius 3 is 2.74 bits per heavy atom. The molecule has 4 heterocycles. The quantitative estimate of drug-likeness (QED) is 0.538. The van der Waals surface area contributed by atoms with Crippen LogP contribution in [0.2, 0.25) is 0 Å². The number of anilines is 3. The molecule has 2 aromatic heterocycles. The number of hydrogen-bond acceptors (Lipinski definition) is 6. The van der Waals surface area contributed by atoms with Crippen LogP contribution in [0.3, 0.4) is 0 Å². The highest BCUT2D eigenvalue weighted by Gasteiger charge is 2.34. The Labute approximate surface area is 180 Å². The van der Waals surface area contributed by atoms with Gasteiger partial charge >= 0.3 is 0 Å². The molecule has 0 atom stereocenters. The Morgan fingerprint density at radius 2 is 1.94 bits per heavy atom. The number of benzene rings is 2. The summed E-state index contributed by atoms with van der Waals surface area (Å²) < 4.78 is 2.00. The summed E-state index contributed by atoms with van der Waals surface area (Å²) in [5.74, 6) is 0.727. The van der Waals surface area contributed by atoms with E-state index in [9.17, 15) is 0 Å². The molecule has 154 valence electrons. The second kappa shape index (κ2) is 6.65. The predicted molar refractivity (Wildman–Crippen MR) is 124 cm³/mol. The van der Waals surface area contributed by atoms with E-state index in [2.05, 4.69) is 69.6 Å². The van der Waals surface area contributed by atoms with E-state index in [4.69, 9.17) is 10.7 Å². The van der Waals surface area contributed by atoms with Gasteiger partial charge in [0.05, 0.1) is 12.2 Å². The molecular weight excluding hydrogens is 386 g/mol. The molecule has 0 radical (unpaired) electrons. The molecule has 0 aliphatic carbocycles. The summed E-state index contributed by atoms with van der Waals surface area (Å²) in [5, 5.41) is 3.45. The zero-order valence-electron chi connectivity index (χ0n) is 17.3. The molecule has 7 heteroatoms. The molecule has 2 aliphatic rings. The standard InChI is InChI=1S/C24H23N7/c1-24(25)14-31(15-24)20-6-4-19(5-7-20)28-22-23-27-8-9-30(23)13-21(29-22)16-2-3-17-11-26-12-18(17)10-16/h2-11,13H,12,14-15,25H2,1H3,(H,28,29). The number of hydrogen-bond donors (Lipinski definition) is 2. The van der Waals surface area contributed by atoms with Gasteiger partial charge in [-0.1, -0.05) is 12.1 Å². The SMILES string of the molecule is CC1(N)CN(c2ccc(Nc3nc(-c4ccc5c(c4)CN=C5)cn4ccnc34)cc2)C1. The van der Waals surface area contributed by atoms with Crippen molar-refractivity contribution in [1.29, 1.82) is 0 Å². The Bertz CT molecular complexity index is 1310. The lowest BCUT2D eigenvalue weighted by Crippen LogP contribution is -2.65. The van der Waals surface area contributed by atoms with Crippen LogP contribution >= 0.6 is 0 Å². The molecule has 31 heavy (non-hydrogen) atoms. The van der Waals surface area contributed by atoms with Crippen LogP contribution in [0.1, 0.15) is 18.1 Å². The first kappa shape index (κ1) is 18.1. The smallest absolute Gasteiger partial charge is 0.180 e. The van der Waals surface area contributed by atoms with Crippen molar-refractivity contribution >= 4 is 29.1 Å². The van der Waals surface area contributed by atoms with Gasteiger partial charge in [0.2, 0.25) is 0 Å². The topological polar surface area (TPSA) is 83.8 Å². The van der Waals surface area contributed by atoms with Gasteiger partial charge in [-0.25, -0.2) is 9.97 Å². The third kappa shape index (κ3) is 3.23. The molecule has 0 amide bonds. The van der Waals surface area contributed by atoms with E-state index in [1.807, 2.05) is 23.0 Å². The van der Waals surface area contributed by atoms with Gasteiger partial charge < -0.3 is 20.4 Å². The van der Waals surface area contributed by atoms with Crippen molar-refractivity contribution in [3.05, 3.63) is 72.2 Å². The third-order valence-electron chi connectivity index (χ3n) is 5.90. The maximum Gasteiger partial charge on any atom is 0.180 e. The van der Waals surface area contributed by atoms with E-state index in [1.165, 1.54) is 16.8 Å². The van der Waals surface area contributed by atoms with Crippen LogP contribution in [0.25, 0.3) is 16.9 Å². The highest BCUT2D eigenvalue weighted by Crippen LogP contribution is 2.30. The zero-order chi connectivity index (χ0) is 21.0. The molecule has 0 spiro atoms. The minimum absolute atomic E-state index is 0.0861. The van der Waals surface area contributed by atoms with Crippen molar-refractivity contribution in [3.63, 3.8) is 0 Å². The molecule has 0 bridgehead atoms. The van der Waals surface area contributed by atoms with Crippen LogP contribution in [0, 0.1) is 0 Å². The lowest BCUT2D eigenvalue weighted by Gasteiger charge is -2.47. The van der Waals surface area contributed by atoms with E-state index >= 15 is 0 Å². The number of nitrogens with zero attached hydrogens (tertiary/aromatic N) is 5. The number of aromatic nitrogens is 3. The fraction of sp³-hybridized carbons (Fsp3) is 0.208. The van der Waals surface area contributed by atoms with Gasteiger partial charge in [0, 0.05) is 60.4 Å². The minimum Gasteiger partial charge on any atom is -0.368 e. The van der Waals surface area contributed by atoms with Crippen molar-refractivity contribution < 1.29 is 0 Å². The highest BCUT2D eigenvalue weighted by molar-refractivity contribution is 5.86. The Balaban J connectivity index is 1.31. The van der Waals surface area contributed by atoms with Crippen molar-refractivity contribution in [2.75, 3.05) is 23.3 Å². The van der Waals surface area contributed by atoms with Crippen LogP contribution in [0.5, 0.6) is 0 Å². The maximum atomic E-state index is 6.14. The summed E-state index contributed by atoms with van der Waals surface area (Å²) in [6.45, 7) is 4.57. The lowest BCUT2D eigenvalue weighted by molar-refractivity contribution is 0.365. The number of aliphatic imine (C=N–C) groups is 1. The molecular formula is C24H23N7. The van der Waals surface area contributed by atoms with E-state index in [0.717, 1.165) is 48.0 Å². The largest absolute Gasteiger partial charge is 0.368 e. The summed E-state index contributed by atoms with van der Waals surface area (Å²) in [6.07, 6.45) is 7.68. The Hall–Kier alpha value is -3.71. The Morgan fingerprint density at radius 1 is 1.10 bits per heavy atom. The number of nitrogens with one attached hydrogen (secondary N) is 1. The van der Waals surface area contributed by atoms with E-state index in [0.29, 0.717) is 0 Å². The van der Waals surface area contributed by atoms with Gasteiger partial charge in [-0.05, 0) is 48.4 Å². The van der Waals surface area contributed by atoms with Crippen molar-refractivity contribution in [1.82, 2.24) is 14.4 Å². The molecule has 7 nitrogen and oxygen atoms in total. The van der Waals surface area contributed by atoms with Gasteiger partial charge in [0.1, 0.15) is 0 Å². The summed E-state index contributed by atoms with van der Waals surface area (Å²) in [7, 11) is 0. The lowest BCUT2D eigenvalue weighted by atomic mass is 9.93. The third-order valence-corrected chi connectivity index (χ3v) is 5.90. The second-order valence-corrected chi connectivity index (χ2v) is 8.70. The number of imidazole rings is 1. The summed E-state index contributed by atoms with van der Waals surface area (Å²) in [5.41, 5.74) is 13.4.